The fourth-order valence-electron chi connectivity index (χ4n) is 4.12. The largest absolute Gasteiger partial charge is 0.335 e. The zero-order valence-electron chi connectivity index (χ0n) is 19.0. The maximum atomic E-state index is 15.9. The summed E-state index contributed by atoms with van der Waals surface area (Å²) in [5, 5.41) is 14.1. The van der Waals surface area contributed by atoms with E-state index in [0.29, 0.717) is 34.8 Å². The Labute approximate surface area is 207 Å². The first kappa shape index (κ1) is 22.0. The maximum Gasteiger partial charge on any atom is 0.224 e. The Morgan fingerprint density at radius 3 is 2.86 bits per heavy atom. The quantitative estimate of drug-likeness (QED) is 0.276. The third kappa shape index (κ3) is 3.79. The standard InChI is InChI=1S/C25H19FN8OS/c1-2-3-18(35)30-15-8-14(9-27-10-15)17-11-29-23-19(20(17)26)22(33-34-23)25-31-21-16(13-5-7-36-12-13)4-6-28-24(21)32-25/h4-12H,2-3H2,1H3,(H,30,35)(H,28,31,32)(H,29,33,34). The van der Waals surface area contributed by atoms with Crippen LogP contribution in [0.4, 0.5) is 10.1 Å². The molecule has 6 aromatic heterocycles. The SMILES string of the molecule is CCCC(=O)Nc1cncc(-c2cnc3n[nH]c(-c4nc5nccc(-c6ccsc6)c5[nH]4)c3c2F)c1. The van der Waals surface area contributed by atoms with Crippen molar-refractivity contribution in [3.8, 4) is 33.8 Å². The summed E-state index contributed by atoms with van der Waals surface area (Å²) < 4.78 is 15.9. The molecule has 0 saturated heterocycles. The second kappa shape index (κ2) is 8.93. The lowest BCUT2D eigenvalue weighted by molar-refractivity contribution is -0.116. The summed E-state index contributed by atoms with van der Waals surface area (Å²) in [6, 6.07) is 5.61. The first-order chi connectivity index (χ1) is 17.6. The fourth-order valence-corrected chi connectivity index (χ4v) is 4.77. The number of amides is 1. The van der Waals surface area contributed by atoms with Crippen LogP contribution in [-0.2, 0) is 4.79 Å². The van der Waals surface area contributed by atoms with Crippen molar-refractivity contribution in [1.29, 1.82) is 0 Å². The van der Waals surface area contributed by atoms with E-state index in [4.69, 9.17) is 0 Å². The number of anilines is 1. The molecule has 0 aliphatic rings. The number of halogens is 1. The Balaban J connectivity index is 1.44. The minimum Gasteiger partial charge on any atom is -0.335 e. The molecule has 0 aromatic carbocycles. The predicted molar refractivity (Wildman–Crippen MR) is 137 cm³/mol. The van der Waals surface area contributed by atoms with Gasteiger partial charge >= 0.3 is 0 Å². The Bertz CT molecular complexity index is 1720. The van der Waals surface area contributed by atoms with Crippen molar-refractivity contribution in [2.45, 2.75) is 19.8 Å². The second-order valence-electron chi connectivity index (χ2n) is 8.20. The van der Waals surface area contributed by atoms with Gasteiger partial charge in [-0.25, -0.2) is 19.3 Å². The number of imidazole rings is 1. The molecule has 0 radical (unpaired) electrons. The van der Waals surface area contributed by atoms with Crippen LogP contribution in [0, 0.1) is 5.82 Å². The smallest absolute Gasteiger partial charge is 0.224 e. The molecule has 3 N–H and O–H groups in total. The van der Waals surface area contributed by atoms with Gasteiger partial charge in [-0.3, -0.25) is 14.9 Å². The third-order valence-electron chi connectivity index (χ3n) is 5.79. The summed E-state index contributed by atoms with van der Waals surface area (Å²) in [4.78, 5) is 32.7. The van der Waals surface area contributed by atoms with Crippen LogP contribution in [-0.4, -0.2) is 41.0 Å². The van der Waals surface area contributed by atoms with E-state index in [2.05, 4.69) is 40.4 Å². The van der Waals surface area contributed by atoms with Crippen LogP contribution in [0.2, 0.25) is 0 Å². The van der Waals surface area contributed by atoms with E-state index >= 15 is 4.39 Å². The molecular formula is C25H19FN8OS. The second-order valence-corrected chi connectivity index (χ2v) is 8.98. The molecule has 0 unspecified atom stereocenters. The van der Waals surface area contributed by atoms with Crippen molar-refractivity contribution in [2.75, 3.05) is 5.32 Å². The highest BCUT2D eigenvalue weighted by Gasteiger charge is 2.21. The van der Waals surface area contributed by atoms with E-state index in [1.165, 1.54) is 18.6 Å². The highest BCUT2D eigenvalue weighted by molar-refractivity contribution is 7.08. The number of H-pyrrole nitrogens is 2. The molecule has 6 rings (SSSR count). The number of nitrogens with one attached hydrogen (secondary N) is 3. The molecule has 0 aliphatic heterocycles. The highest BCUT2D eigenvalue weighted by Crippen LogP contribution is 2.34. The topological polar surface area (TPSA) is 125 Å². The van der Waals surface area contributed by atoms with Gasteiger partial charge in [-0.2, -0.15) is 16.4 Å². The number of carbonyl (C=O) groups excluding carboxylic acids is 1. The summed E-state index contributed by atoms with van der Waals surface area (Å²) in [7, 11) is 0. The van der Waals surface area contributed by atoms with Crippen molar-refractivity contribution in [3.63, 3.8) is 0 Å². The molecule has 9 nitrogen and oxygen atoms in total. The van der Waals surface area contributed by atoms with Gasteiger partial charge < -0.3 is 10.3 Å². The van der Waals surface area contributed by atoms with Gasteiger partial charge in [0.15, 0.2) is 17.1 Å². The van der Waals surface area contributed by atoms with Gasteiger partial charge in [0.25, 0.3) is 0 Å². The molecule has 6 aromatic rings. The van der Waals surface area contributed by atoms with Crippen molar-refractivity contribution in [3.05, 3.63) is 59.6 Å². The summed E-state index contributed by atoms with van der Waals surface area (Å²) in [6.45, 7) is 1.92. The number of carbonyl (C=O) groups is 1. The van der Waals surface area contributed by atoms with Gasteiger partial charge in [0, 0.05) is 41.7 Å². The molecule has 178 valence electrons. The van der Waals surface area contributed by atoms with Gasteiger partial charge in [-0.05, 0) is 40.9 Å². The first-order valence-corrected chi connectivity index (χ1v) is 12.2. The number of pyridine rings is 3. The fraction of sp³-hybridized carbons (Fsp3) is 0.120. The van der Waals surface area contributed by atoms with E-state index in [9.17, 15) is 4.79 Å². The molecule has 36 heavy (non-hydrogen) atoms. The minimum atomic E-state index is -0.519. The van der Waals surface area contributed by atoms with E-state index in [-0.39, 0.29) is 22.5 Å². The van der Waals surface area contributed by atoms with Crippen molar-refractivity contribution >= 4 is 45.1 Å². The molecule has 11 heteroatoms. The molecule has 6 heterocycles. The van der Waals surface area contributed by atoms with Crippen molar-refractivity contribution in [1.82, 2.24) is 35.1 Å². The predicted octanol–water partition coefficient (Wildman–Crippen LogP) is 5.56. The van der Waals surface area contributed by atoms with Gasteiger partial charge in [0.1, 0.15) is 11.5 Å². The first-order valence-electron chi connectivity index (χ1n) is 11.3. The highest BCUT2D eigenvalue weighted by atomic mass is 32.1. The van der Waals surface area contributed by atoms with Crippen LogP contribution < -0.4 is 5.32 Å². The lowest BCUT2D eigenvalue weighted by Crippen LogP contribution is -2.10. The van der Waals surface area contributed by atoms with E-state index in [1.807, 2.05) is 29.8 Å². The number of hydrogen-bond acceptors (Lipinski definition) is 7. The van der Waals surface area contributed by atoms with Crippen LogP contribution in [0.1, 0.15) is 19.8 Å². The molecule has 0 spiro atoms. The molecule has 0 bridgehead atoms. The number of rotatable bonds is 6. The Hall–Kier alpha value is -4.51. The van der Waals surface area contributed by atoms with Crippen molar-refractivity contribution in [2.24, 2.45) is 0 Å². The van der Waals surface area contributed by atoms with E-state index in [1.54, 1.807) is 23.6 Å². The molecule has 0 fully saturated rings. The molecule has 0 saturated carbocycles. The van der Waals surface area contributed by atoms with E-state index < -0.39 is 5.82 Å². The van der Waals surface area contributed by atoms with Crippen LogP contribution >= 0.6 is 11.3 Å². The Kier molecular flexibility index (Phi) is 5.45. The zero-order chi connectivity index (χ0) is 24.6. The normalized spacial score (nSPS) is 11.4. The zero-order valence-corrected chi connectivity index (χ0v) is 19.9. The van der Waals surface area contributed by atoms with E-state index in [0.717, 1.165) is 23.1 Å². The lowest BCUT2D eigenvalue weighted by atomic mass is 10.1. The van der Waals surface area contributed by atoms with Gasteiger partial charge in [0.05, 0.1) is 22.8 Å². The summed E-state index contributed by atoms with van der Waals surface area (Å²) >= 11 is 1.60. The minimum absolute atomic E-state index is 0.122. The summed E-state index contributed by atoms with van der Waals surface area (Å²) in [5.74, 6) is -0.240. The molecule has 1 amide bonds. The summed E-state index contributed by atoms with van der Waals surface area (Å²) in [6.07, 6.45) is 7.28. The van der Waals surface area contributed by atoms with Gasteiger partial charge in [-0.15, -0.1) is 0 Å². The van der Waals surface area contributed by atoms with Crippen LogP contribution in [0.3, 0.4) is 0 Å². The lowest BCUT2D eigenvalue weighted by Gasteiger charge is -2.08. The molecule has 0 atom stereocenters. The van der Waals surface area contributed by atoms with Gasteiger partial charge in [0.2, 0.25) is 5.91 Å². The molecule has 0 aliphatic carbocycles. The number of aromatic amines is 2. The van der Waals surface area contributed by atoms with Gasteiger partial charge in [-0.1, -0.05) is 6.92 Å². The monoisotopic (exact) mass is 498 g/mol. The third-order valence-corrected chi connectivity index (χ3v) is 6.47. The average Bonchev–Trinajstić information content (AvgIpc) is 3.63. The number of aromatic nitrogens is 7. The number of thiophene rings is 1. The van der Waals surface area contributed by atoms with Crippen molar-refractivity contribution < 1.29 is 9.18 Å². The Morgan fingerprint density at radius 2 is 2.03 bits per heavy atom. The maximum absolute atomic E-state index is 15.9. The average molecular weight is 499 g/mol. The number of hydrogen-bond donors (Lipinski definition) is 3. The van der Waals surface area contributed by atoms with Crippen LogP contribution in [0.25, 0.3) is 56.0 Å². The summed E-state index contributed by atoms with van der Waals surface area (Å²) in [5.41, 5.74) is 5.05. The van der Waals surface area contributed by atoms with Crippen LogP contribution in [0.5, 0.6) is 0 Å². The number of fused-ring (bicyclic) bond motifs is 2. The molecular weight excluding hydrogens is 479 g/mol. The number of nitrogens with zero attached hydrogens (tertiary/aromatic N) is 5. The van der Waals surface area contributed by atoms with Crippen LogP contribution in [0.15, 0.2) is 53.7 Å². The Morgan fingerprint density at radius 1 is 1.11 bits per heavy atom.